The van der Waals surface area contributed by atoms with E-state index in [-0.39, 0.29) is 41.6 Å². The number of hydrogen-bond acceptors (Lipinski definition) is 10. The molecule has 0 amide bonds. The van der Waals surface area contributed by atoms with Gasteiger partial charge in [-0.1, -0.05) is 220 Å². The molecule has 0 fully saturated rings. The van der Waals surface area contributed by atoms with Crippen LogP contribution >= 0.6 is 45.3 Å². The first-order chi connectivity index (χ1) is 37.2. The van der Waals surface area contributed by atoms with Crippen LogP contribution in [0, 0.1) is 34.5 Å². The van der Waals surface area contributed by atoms with Crippen LogP contribution in [0.5, 0.6) is 0 Å². The van der Waals surface area contributed by atoms with Gasteiger partial charge < -0.3 is 0 Å². The average Bonchev–Trinajstić information content (AvgIpc) is 4.00. The summed E-state index contributed by atoms with van der Waals surface area (Å²) >= 11 is 5.36. The maximum absolute atomic E-state index is 15.7. The highest BCUT2D eigenvalue weighted by atomic mass is 32.2. The minimum Gasteiger partial charge on any atom is -0.274 e. The highest BCUT2D eigenvalue weighted by Crippen LogP contribution is 2.46. The van der Waals surface area contributed by atoms with E-state index < -0.39 is 11.1 Å². The number of fused-ring (bicyclic) bond motifs is 7. The van der Waals surface area contributed by atoms with Crippen molar-refractivity contribution in [2.45, 2.75) is 246 Å². The zero-order valence-corrected chi connectivity index (χ0v) is 49.8. The molecule has 4 aromatic heterocycles. The van der Waals surface area contributed by atoms with Crippen LogP contribution in [0.25, 0.3) is 66.1 Å². The summed E-state index contributed by atoms with van der Waals surface area (Å²) < 4.78 is 7.71. The van der Waals surface area contributed by atoms with Gasteiger partial charge in [0.2, 0.25) is 0 Å². The average molecular weight is 1100 g/mol. The van der Waals surface area contributed by atoms with Crippen LogP contribution in [0.1, 0.15) is 233 Å². The summed E-state index contributed by atoms with van der Waals surface area (Å²) in [7, 11) is 0. The van der Waals surface area contributed by atoms with Gasteiger partial charge in [-0.25, -0.2) is 0 Å². The molecule has 0 bridgehead atoms. The Balaban J connectivity index is 1.43. The molecule has 410 valence electrons. The molecule has 0 saturated carbocycles. The summed E-state index contributed by atoms with van der Waals surface area (Å²) in [4.78, 5) is 62.8. The third kappa shape index (κ3) is 14.5. The van der Waals surface area contributed by atoms with Crippen LogP contribution < -0.4 is 26.1 Å². The quantitative estimate of drug-likeness (QED) is 0.0219. The van der Waals surface area contributed by atoms with Crippen LogP contribution in [0.4, 0.5) is 0 Å². The number of nitrogens with zero attached hydrogens (tertiary/aromatic N) is 4. The molecule has 12 heteroatoms. The summed E-state index contributed by atoms with van der Waals surface area (Å²) in [5, 5.41) is 22.7. The lowest BCUT2D eigenvalue weighted by Gasteiger charge is -2.22. The van der Waals surface area contributed by atoms with Crippen LogP contribution in [-0.4, -0.2) is 9.13 Å². The van der Waals surface area contributed by atoms with Crippen molar-refractivity contribution < 1.29 is 0 Å². The number of rotatable bonds is 36. The Morgan fingerprint density at radius 1 is 0.395 bits per heavy atom. The van der Waals surface area contributed by atoms with E-state index in [4.69, 9.17) is 0 Å². The second-order valence-corrected chi connectivity index (χ2v) is 26.5. The first kappa shape index (κ1) is 59.5. The number of pyridine rings is 2. The number of hydrogen-bond donors (Lipinski definition) is 0. The highest BCUT2D eigenvalue weighted by Gasteiger charge is 2.31. The fraction of sp³-hybridized carbons (Fsp3) is 0.625. The minimum atomic E-state index is -0.416. The normalized spacial score (nSPS) is 12.8. The topological polar surface area (TPSA) is 126 Å². The first-order valence-corrected chi connectivity index (χ1v) is 33.3. The lowest BCUT2D eigenvalue weighted by atomic mass is 9.92. The van der Waals surface area contributed by atoms with Crippen LogP contribution in [0.15, 0.2) is 43.4 Å². The van der Waals surface area contributed by atoms with E-state index in [1.807, 2.05) is 12.1 Å². The van der Waals surface area contributed by atoms with Crippen molar-refractivity contribution in [1.29, 1.82) is 10.5 Å². The molecule has 0 radical (unpaired) electrons. The molecule has 4 heterocycles. The largest absolute Gasteiger partial charge is 0.274 e. The van der Waals surface area contributed by atoms with E-state index in [0.717, 1.165) is 86.4 Å². The van der Waals surface area contributed by atoms with Gasteiger partial charge in [0.25, 0.3) is 22.2 Å². The molecule has 0 aliphatic rings. The molecule has 2 unspecified atom stereocenters. The van der Waals surface area contributed by atoms with Gasteiger partial charge in [0, 0.05) is 33.3 Å². The smallest absolute Gasteiger partial charge is 0.262 e. The lowest BCUT2D eigenvalue weighted by Crippen LogP contribution is -2.38. The summed E-state index contributed by atoms with van der Waals surface area (Å²) in [6.07, 6.45) is 37.0. The predicted molar refractivity (Wildman–Crippen MR) is 331 cm³/mol. The third-order valence-corrected chi connectivity index (χ3v) is 21.5. The number of aromatic nitrogens is 2. The molecule has 0 aliphatic carbocycles. The number of unbranched alkanes of at least 4 members (excludes halogenated alkanes) is 24. The van der Waals surface area contributed by atoms with E-state index in [2.05, 4.69) is 52.0 Å². The van der Waals surface area contributed by atoms with Gasteiger partial charge in [0.1, 0.15) is 16.0 Å². The van der Waals surface area contributed by atoms with Gasteiger partial charge in [-0.3, -0.25) is 28.3 Å². The predicted octanol–water partition coefficient (Wildman–Crippen LogP) is 18.6. The molecule has 8 nitrogen and oxygen atoms in total. The van der Waals surface area contributed by atoms with Crippen molar-refractivity contribution in [3.05, 3.63) is 69.5 Å². The first-order valence-electron chi connectivity index (χ1n) is 30.0. The van der Waals surface area contributed by atoms with Gasteiger partial charge in [-0.05, 0) is 49.7 Å². The van der Waals surface area contributed by atoms with Crippen LogP contribution in [0.3, 0.4) is 0 Å². The molecule has 0 N–H and O–H groups in total. The van der Waals surface area contributed by atoms with Gasteiger partial charge in [0.05, 0.1) is 40.3 Å². The van der Waals surface area contributed by atoms with Crippen molar-refractivity contribution in [1.82, 2.24) is 9.13 Å². The van der Waals surface area contributed by atoms with E-state index in [1.54, 1.807) is 0 Å². The number of benzene rings is 3. The van der Waals surface area contributed by atoms with Crippen LogP contribution in [-0.2, 0) is 13.1 Å². The van der Waals surface area contributed by atoms with Crippen molar-refractivity contribution in [2.24, 2.45) is 11.8 Å². The summed E-state index contributed by atoms with van der Waals surface area (Å²) in [6.45, 7) is 9.55. The van der Waals surface area contributed by atoms with E-state index in [9.17, 15) is 10.5 Å². The number of nitriles is 2. The molecular formula is C64H86N4O4S4. The van der Waals surface area contributed by atoms with E-state index >= 15 is 19.2 Å². The molecule has 7 rings (SSSR count). The van der Waals surface area contributed by atoms with Crippen molar-refractivity contribution >= 4 is 111 Å². The summed E-state index contributed by atoms with van der Waals surface area (Å²) in [6, 6.07) is 12.2. The highest BCUT2D eigenvalue weighted by molar-refractivity contribution is 7.38. The third-order valence-electron chi connectivity index (χ3n) is 16.2. The van der Waals surface area contributed by atoms with Gasteiger partial charge >= 0.3 is 0 Å². The fourth-order valence-electron chi connectivity index (χ4n) is 11.9. The van der Waals surface area contributed by atoms with Crippen LogP contribution in [0.2, 0.25) is 0 Å². The molecule has 0 saturated heterocycles. The second kappa shape index (κ2) is 30.8. The molecule has 2 atom stereocenters. The zero-order chi connectivity index (χ0) is 53.8. The van der Waals surface area contributed by atoms with E-state index in [1.165, 1.54) is 183 Å². The minimum absolute atomic E-state index is 0.0860. The summed E-state index contributed by atoms with van der Waals surface area (Å²) in [5.41, 5.74) is -1.65. The zero-order valence-electron chi connectivity index (χ0n) is 46.6. The Labute approximate surface area is 467 Å². The van der Waals surface area contributed by atoms with Crippen molar-refractivity contribution in [3.8, 4) is 12.1 Å². The Morgan fingerprint density at radius 3 is 0.934 bits per heavy atom. The SMILES string of the molecule is CCCCCCCCCCC(CCCCCCCC)Cn1c(=O)c2c3sc(=C(C#N)C#N)sc3c3c(=O)n(CC(CCCCCCCC)CCCCCCCCCC)c(=O)c4c5sc6ccccc6sc5c(c1=O)c2c34. The Bertz CT molecular complexity index is 3180. The lowest BCUT2D eigenvalue weighted by molar-refractivity contribution is 0.350. The fourth-order valence-corrected chi connectivity index (χ4v) is 17.1. The summed E-state index contributed by atoms with van der Waals surface area (Å²) in [5.74, 6) is 0.238. The van der Waals surface area contributed by atoms with E-state index in [0.29, 0.717) is 55.0 Å². The van der Waals surface area contributed by atoms with Gasteiger partial charge in [-0.2, -0.15) is 10.5 Å². The second-order valence-electron chi connectivity index (χ2n) is 22.1. The molecule has 3 aromatic carbocycles. The molecule has 7 aromatic rings. The monoisotopic (exact) mass is 1100 g/mol. The molecule has 76 heavy (non-hydrogen) atoms. The Morgan fingerprint density at radius 2 is 0.658 bits per heavy atom. The molecule has 0 spiro atoms. The maximum atomic E-state index is 15.7. The standard InChI is InChI=1S/C64H86N4O4S4/c1-5-9-13-17-21-23-27-31-37-45(35-29-25-19-15-11-7-3)43-67-60(69)52-50-51-53(57-56(52)73-48-39-33-34-40-49(48)74-57)61(70)68(44-46(36-30-26-20-16-12-8-4)38-32-28-24-22-18-14-10-6-2)63(72)55(51)59-58(54(50)62(67)71)75-64(76-59)47(41-65)42-66/h33-34,39-40,45-46H,5-32,35-38,43-44H2,1-4H3. The van der Waals surface area contributed by atoms with Gasteiger partial charge in [-0.15, -0.1) is 45.3 Å². The Hall–Kier alpha value is -4.20. The van der Waals surface area contributed by atoms with Crippen molar-refractivity contribution in [2.75, 3.05) is 0 Å². The Kier molecular flexibility index (Phi) is 24.1. The van der Waals surface area contributed by atoms with Gasteiger partial charge in [0.15, 0.2) is 5.57 Å². The molecular weight excluding hydrogens is 1020 g/mol. The van der Waals surface area contributed by atoms with Crippen molar-refractivity contribution in [3.63, 3.8) is 0 Å². The maximum Gasteiger partial charge on any atom is 0.262 e. The molecule has 0 aliphatic heterocycles.